The summed E-state index contributed by atoms with van der Waals surface area (Å²) < 4.78 is 13.4. The minimum Gasteiger partial charge on any atom is -0.317 e. The number of hydrogen-bond donors (Lipinski definition) is 1. The van der Waals surface area contributed by atoms with Gasteiger partial charge in [-0.25, -0.2) is 4.39 Å². The van der Waals surface area contributed by atoms with Crippen LogP contribution in [0.2, 0.25) is 0 Å². The fourth-order valence-electron chi connectivity index (χ4n) is 3.17. The number of hydrogen-bond acceptors (Lipinski definition) is 3. The molecule has 0 atom stereocenters. The van der Waals surface area contributed by atoms with Gasteiger partial charge in [0.2, 0.25) is 0 Å². The molecule has 1 aromatic rings. The van der Waals surface area contributed by atoms with Crippen LogP contribution in [0, 0.1) is 23.1 Å². The SMILES string of the molecule is N#Cc1cc(CN(CC2CCNCC2)C2CC2)ccc1F. The second kappa shape index (κ2) is 6.55. The van der Waals surface area contributed by atoms with E-state index in [9.17, 15) is 4.39 Å². The van der Waals surface area contributed by atoms with Crippen molar-refractivity contribution in [3.8, 4) is 6.07 Å². The number of piperidine rings is 1. The fourth-order valence-corrected chi connectivity index (χ4v) is 3.17. The molecule has 3 nitrogen and oxygen atoms in total. The first-order chi connectivity index (χ1) is 10.3. The lowest BCUT2D eigenvalue weighted by Crippen LogP contribution is -2.37. The number of rotatable bonds is 5. The first-order valence-corrected chi connectivity index (χ1v) is 7.89. The van der Waals surface area contributed by atoms with Gasteiger partial charge in [-0.1, -0.05) is 6.07 Å². The predicted molar refractivity (Wildman–Crippen MR) is 80.1 cm³/mol. The van der Waals surface area contributed by atoms with Crippen molar-refractivity contribution in [1.29, 1.82) is 5.26 Å². The summed E-state index contributed by atoms with van der Waals surface area (Å²) in [6.45, 7) is 4.21. The van der Waals surface area contributed by atoms with E-state index >= 15 is 0 Å². The quantitative estimate of drug-likeness (QED) is 0.905. The lowest BCUT2D eigenvalue weighted by molar-refractivity contribution is 0.190. The van der Waals surface area contributed by atoms with Crippen LogP contribution in [0.1, 0.15) is 36.8 Å². The van der Waals surface area contributed by atoms with Crippen LogP contribution in [0.15, 0.2) is 18.2 Å². The molecule has 1 saturated carbocycles. The Morgan fingerprint density at radius 2 is 2.00 bits per heavy atom. The highest BCUT2D eigenvalue weighted by molar-refractivity contribution is 5.34. The van der Waals surface area contributed by atoms with Gasteiger partial charge in [-0.2, -0.15) is 5.26 Å². The third-order valence-corrected chi connectivity index (χ3v) is 4.55. The van der Waals surface area contributed by atoms with Crippen LogP contribution >= 0.6 is 0 Å². The smallest absolute Gasteiger partial charge is 0.140 e. The molecule has 1 heterocycles. The van der Waals surface area contributed by atoms with Gasteiger partial charge < -0.3 is 5.32 Å². The molecular formula is C17H22FN3. The van der Waals surface area contributed by atoms with Crippen LogP contribution in [-0.4, -0.2) is 30.6 Å². The van der Waals surface area contributed by atoms with Gasteiger partial charge in [-0.05, 0) is 62.4 Å². The number of nitrogens with one attached hydrogen (secondary N) is 1. The highest BCUT2D eigenvalue weighted by atomic mass is 19.1. The van der Waals surface area contributed by atoms with Crippen LogP contribution < -0.4 is 5.32 Å². The average Bonchev–Trinajstić information content (AvgIpc) is 3.34. The molecule has 3 rings (SSSR count). The van der Waals surface area contributed by atoms with Gasteiger partial charge in [0.25, 0.3) is 0 Å². The van der Waals surface area contributed by atoms with Gasteiger partial charge >= 0.3 is 0 Å². The maximum Gasteiger partial charge on any atom is 0.140 e. The topological polar surface area (TPSA) is 39.1 Å². The largest absolute Gasteiger partial charge is 0.317 e. The van der Waals surface area contributed by atoms with Crippen molar-refractivity contribution in [2.45, 2.75) is 38.3 Å². The van der Waals surface area contributed by atoms with Crippen molar-refractivity contribution in [3.63, 3.8) is 0 Å². The van der Waals surface area contributed by atoms with Crippen LogP contribution in [0.25, 0.3) is 0 Å². The zero-order valence-electron chi connectivity index (χ0n) is 12.3. The third kappa shape index (κ3) is 3.81. The van der Waals surface area contributed by atoms with Crippen LogP contribution in [0.4, 0.5) is 4.39 Å². The van der Waals surface area contributed by atoms with Gasteiger partial charge in [0.05, 0.1) is 5.56 Å². The van der Waals surface area contributed by atoms with E-state index in [1.165, 1.54) is 31.7 Å². The van der Waals surface area contributed by atoms with Crippen molar-refractivity contribution < 1.29 is 4.39 Å². The van der Waals surface area contributed by atoms with Gasteiger partial charge in [0, 0.05) is 19.1 Å². The van der Waals surface area contributed by atoms with E-state index in [1.54, 1.807) is 6.07 Å². The summed E-state index contributed by atoms with van der Waals surface area (Å²) in [5.41, 5.74) is 1.21. The molecular weight excluding hydrogens is 265 g/mol. The third-order valence-electron chi connectivity index (χ3n) is 4.55. The molecule has 1 aromatic carbocycles. The average molecular weight is 287 g/mol. The zero-order valence-corrected chi connectivity index (χ0v) is 12.3. The van der Waals surface area contributed by atoms with Gasteiger partial charge in [0.1, 0.15) is 11.9 Å². The second-order valence-corrected chi connectivity index (χ2v) is 6.28. The molecule has 1 aliphatic carbocycles. The van der Waals surface area contributed by atoms with E-state index in [4.69, 9.17) is 5.26 Å². The van der Waals surface area contributed by atoms with Gasteiger partial charge in [-0.15, -0.1) is 0 Å². The highest BCUT2D eigenvalue weighted by Crippen LogP contribution is 2.30. The summed E-state index contributed by atoms with van der Waals surface area (Å²) in [5.74, 6) is 0.348. The monoisotopic (exact) mass is 287 g/mol. The highest BCUT2D eigenvalue weighted by Gasteiger charge is 2.31. The van der Waals surface area contributed by atoms with Crippen LogP contribution in [-0.2, 0) is 6.54 Å². The molecule has 21 heavy (non-hydrogen) atoms. The molecule has 0 aromatic heterocycles. The van der Waals surface area contributed by atoms with E-state index in [2.05, 4.69) is 10.2 Å². The fraction of sp³-hybridized carbons (Fsp3) is 0.588. The molecule has 1 saturated heterocycles. The maximum absolute atomic E-state index is 13.4. The summed E-state index contributed by atoms with van der Waals surface area (Å²) in [4.78, 5) is 2.53. The molecule has 4 heteroatoms. The van der Waals surface area contributed by atoms with Crippen molar-refractivity contribution in [2.24, 2.45) is 5.92 Å². The molecule has 0 bridgehead atoms. The van der Waals surface area contributed by atoms with E-state index in [0.717, 1.165) is 37.7 Å². The lowest BCUT2D eigenvalue weighted by atomic mass is 9.97. The Labute approximate surface area is 125 Å². The molecule has 0 radical (unpaired) electrons. The van der Waals surface area contributed by atoms with E-state index < -0.39 is 5.82 Å². The molecule has 2 aliphatic rings. The lowest BCUT2D eigenvalue weighted by Gasteiger charge is -2.30. The molecule has 0 unspecified atom stereocenters. The Hall–Kier alpha value is -1.44. The van der Waals surface area contributed by atoms with E-state index in [-0.39, 0.29) is 5.56 Å². The van der Waals surface area contributed by atoms with E-state index in [1.807, 2.05) is 12.1 Å². The first kappa shape index (κ1) is 14.5. The number of nitrogens with zero attached hydrogens (tertiary/aromatic N) is 2. The summed E-state index contributed by atoms with van der Waals surface area (Å²) in [5, 5.41) is 12.4. The first-order valence-electron chi connectivity index (χ1n) is 7.89. The van der Waals surface area contributed by atoms with Crippen LogP contribution in [0.3, 0.4) is 0 Å². The molecule has 2 fully saturated rings. The molecule has 112 valence electrons. The van der Waals surface area contributed by atoms with Crippen molar-refractivity contribution in [2.75, 3.05) is 19.6 Å². The van der Waals surface area contributed by atoms with Gasteiger partial charge in [-0.3, -0.25) is 4.90 Å². The van der Waals surface area contributed by atoms with Crippen LogP contribution in [0.5, 0.6) is 0 Å². The summed E-state index contributed by atoms with van der Waals surface area (Å²) in [6, 6.07) is 7.56. The number of halogens is 1. The molecule has 0 spiro atoms. The Bertz CT molecular complexity index is 527. The number of benzene rings is 1. The predicted octanol–water partition coefficient (Wildman–Crippen LogP) is 2.66. The minimum atomic E-state index is -0.419. The Morgan fingerprint density at radius 1 is 1.24 bits per heavy atom. The van der Waals surface area contributed by atoms with Gasteiger partial charge in [0.15, 0.2) is 0 Å². The number of nitriles is 1. The molecule has 1 N–H and O–H groups in total. The Balaban J connectivity index is 1.66. The van der Waals surface area contributed by atoms with Crippen molar-refractivity contribution in [3.05, 3.63) is 35.1 Å². The van der Waals surface area contributed by atoms with Crippen molar-refractivity contribution >= 4 is 0 Å². The normalized spacial score (nSPS) is 19.7. The standard InChI is InChI=1S/C17H22FN3/c18-17-4-1-14(9-15(17)10-19)12-21(16-2-3-16)11-13-5-7-20-8-6-13/h1,4,9,13,16,20H,2-3,5-8,11-12H2. The minimum absolute atomic E-state index is 0.158. The Kier molecular flexibility index (Phi) is 4.52. The summed E-state index contributed by atoms with van der Waals surface area (Å²) in [6.07, 6.45) is 5.04. The van der Waals surface area contributed by atoms with Crippen molar-refractivity contribution in [1.82, 2.24) is 10.2 Å². The Morgan fingerprint density at radius 3 is 2.67 bits per heavy atom. The summed E-state index contributed by atoms with van der Waals surface area (Å²) in [7, 11) is 0. The molecule has 1 aliphatic heterocycles. The second-order valence-electron chi connectivity index (χ2n) is 6.28. The maximum atomic E-state index is 13.4. The summed E-state index contributed by atoms with van der Waals surface area (Å²) >= 11 is 0. The zero-order chi connectivity index (χ0) is 14.7. The molecule has 0 amide bonds. The van der Waals surface area contributed by atoms with E-state index in [0.29, 0.717) is 6.04 Å².